The van der Waals surface area contributed by atoms with Gasteiger partial charge < -0.3 is 4.90 Å². The topological polar surface area (TPSA) is 37.4 Å². The molecule has 3 nitrogen and oxygen atoms in total. The molecule has 0 bridgehead atoms. The van der Waals surface area contributed by atoms with Gasteiger partial charge in [-0.25, -0.2) is 0 Å². The molecule has 1 spiro atoms. The maximum atomic E-state index is 11.3. The van der Waals surface area contributed by atoms with Crippen molar-refractivity contribution in [2.75, 3.05) is 6.54 Å². The quantitative estimate of drug-likeness (QED) is 0.567. The number of rotatable bonds is 0. The predicted molar refractivity (Wildman–Crippen MR) is 50.2 cm³/mol. The number of hydrogen-bond acceptors (Lipinski definition) is 2. The zero-order valence-electron chi connectivity index (χ0n) is 7.99. The molecule has 1 aliphatic heterocycles. The Bertz CT molecular complexity index is 408. The van der Waals surface area contributed by atoms with E-state index in [1.54, 1.807) is 24.0 Å². The molecule has 3 rings (SSSR count). The van der Waals surface area contributed by atoms with Crippen LogP contribution in [-0.2, 0) is 9.59 Å². The van der Waals surface area contributed by atoms with Crippen LogP contribution in [0.3, 0.4) is 0 Å². The monoisotopic (exact) mass is 189 g/mol. The lowest BCUT2D eigenvalue weighted by Gasteiger charge is -2.23. The van der Waals surface area contributed by atoms with Crippen molar-refractivity contribution in [1.29, 1.82) is 0 Å². The van der Waals surface area contributed by atoms with Gasteiger partial charge in [0.25, 0.3) is 0 Å². The Morgan fingerprint density at radius 2 is 2.43 bits per heavy atom. The number of likely N-dealkylation sites (tertiary alicyclic amines) is 1. The molecular weight excluding hydrogens is 178 g/mol. The highest BCUT2D eigenvalue weighted by Gasteiger charge is 2.63. The van der Waals surface area contributed by atoms with Crippen molar-refractivity contribution in [3.63, 3.8) is 0 Å². The van der Waals surface area contributed by atoms with E-state index in [9.17, 15) is 9.59 Å². The Labute approximate surface area is 82.1 Å². The second-order valence-electron chi connectivity index (χ2n) is 4.34. The summed E-state index contributed by atoms with van der Waals surface area (Å²) in [5.74, 6) is 0.609. The van der Waals surface area contributed by atoms with Gasteiger partial charge in [0.2, 0.25) is 5.91 Å². The van der Waals surface area contributed by atoms with Crippen molar-refractivity contribution < 1.29 is 9.59 Å². The molecule has 0 unspecified atom stereocenters. The van der Waals surface area contributed by atoms with Gasteiger partial charge in [-0.1, -0.05) is 6.08 Å². The van der Waals surface area contributed by atoms with Crippen molar-refractivity contribution in [2.24, 2.45) is 11.3 Å². The van der Waals surface area contributed by atoms with E-state index in [4.69, 9.17) is 0 Å². The maximum absolute atomic E-state index is 11.3. The zero-order chi connectivity index (χ0) is 9.92. The highest BCUT2D eigenvalue weighted by atomic mass is 16.2. The molecule has 2 atom stereocenters. The van der Waals surface area contributed by atoms with Crippen LogP contribution in [0.5, 0.6) is 0 Å². The molecule has 14 heavy (non-hydrogen) atoms. The second-order valence-corrected chi connectivity index (χ2v) is 4.34. The number of nitrogens with zero attached hydrogens (tertiary/aromatic N) is 1. The van der Waals surface area contributed by atoms with Gasteiger partial charge in [0.05, 0.1) is 0 Å². The van der Waals surface area contributed by atoms with Gasteiger partial charge in [0, 0.05) is 30.7 Å². The molecule has 2 fully saturated rings. The number of carbonyl (C=O) groups is 2. The van der Waals surface area contributed by atoms with E-state index in [1.807, 2.05) is 6.08 Å². The first kappa shape index (κ1) is 7.97. The summed E-state index contributed by atoms with van der Waals surface area (Å²) in [4.78, 5) is 24.3. The van der Waals surface area contributed by atoms with E-state index < -0.39 is 0 Å². The van der Waals surface area contributed by atoms with E-state index in [0.717, 1.165) is 18.7 Å². The fourth-order valence-corrected chi connectivity index (χ4v) is 2.67. The smallest absolute Gasteiger partial charge is 0.223 e. The fourth-order valence-electron chi connectivity index (χ4n) is 2.67. The van der Waals surface area contributed by atoms with Gasteiger partial charge in [0.1, 0.15) is 0 Å². The molecule has 0 aromatic rings. The highest BCUT2D eigenvalue weighted by molar-refractivity contribution is 6.02. The van der Waals surface area contributed by atoms with Crippen LogP contribution in [0.25, 0.3) is 0 Å². The fraction of sp³-hybridized carbons (Fsp3) is 0.455. The van der Waals surface area contributed by atoms with Gasteiger partial charge in [-0.15, -0.1) is 0 Å². The van der Waals surface area contributed by atoms with Crippen LogP contribution in [0, 0.1) is 11.3 Å². The Kier molecular flexibility index (Phi) is 1.23. The van der Waals surface area contributed by atoms with Crippen molar-refractivity contribution >= 4 is 11.7 Å². The number of hydrogen-bond donors (Lipinski definition) is 0. The standard InChI is InChI=1S/C11H11NO2/c1-7(13)12-6-8-5-11(8)3-2-9(14)4-10(11)12/h2-4,8H,5-6H2,1H3/t8-,11-/m1/s1. The van der Waals surface area contributed by atoms with Gasteiger partial charge in [-0.3, -0.25) is 9.59 Å². The second kappa shape index (κ2) is 2.16. The summed E-state index contributed by atoms with van der Waals surface area (Å²) in [6.07, 6.45) is 6.34. The van der Waals surface area contributed by atoms with Crippen molar-refractivity contribution in [1.82, 2.24) is 4.90 Å². The molecule has 0 aromatic heterocycles. The zero-order valence-corrected chi connectivity index (χ0v) is 7.99. The Hall–Kier alpha value is -1.38. The molecule has 0 aromatic carbocycles. The van der Waals surface area contributed by atoms with Crippen LogP contribution in [0.15, 0.2) is 23.9 Å². The average molecular weight is 189 g/mol. The summed E-state index contributed by atoms with van der Waals surface area (Å²) in [5, 5.41) is 0. The molecule has 3 heteroatoms. The van der Waals surface area contributed by atoms with Crippen LogP contribution < -0.4 is 0 Å². The normalized spacial score (nSPS) is 37.8. The lowest BCUT2D eigenvalue weighted by atomic mass is 9.95. The molecule has 0 radical (unpaired) electrons. The Morgan fingerprint density at radius 1 is 1.64 bits per heavy atom. The van der Waals surface area contributed by atoms with Crippen LogP contribution in [0.1, 0.15) is 13.3 Å². The predicted octanol–water partition coefficient (Wildman–Crippen LogP) is 0.878. The molecular formula is C11H11NO2. The Balaban J connectivity index is 2.06. The number of carbonyl (C=O) groups excluding carboxylic acids is 2. The molecule has 1 saturated heterocycles. The van der Waals surface area contributed by atoms with Crippen LogP contribution in [0.4, 0.5) is 0 Å². The third-order valence-corrected chi connectivity index (χ3v) is 3.53. The molecule has 2 aliphatic carbocycles. The van der Waals surface area contributed by atoms with E-state index in [-0.39, 0.29) is 17.1 Å². The minimum atomic E-state index is 0.00410. The SMILES string of the molecule is CC(=O)N1C[C@H]2C[C@]23C=CC(=O)C=C13. The lowest BCUT2D eigenvalue weighted by molar-refractivity contribution is -0.126. The van der Waals surface area contributed by atoms with Crippen molar-refractivity contribution in [3.05, 3.63) is 23.9 Å². The van der Waals surface area contributed by atoms with Crippen molar-refractivity contribution in [3.8, 4) is 0 Å². The highest BCUT2D eigenvalue weighted by Crippen LogP contribution is 2.65. The largest absolute Gasteiger partial charge is 0.315 e. The van der Waals surface area contributed by atoms with Crippen LogP contribution >= 0.6 is 0 Å². The summed E-state index contributed by atoms with van der Waals surface area (Å²) in [5.41, 5.74) is 0.988. The number of ketones is 1. The number of piperidine rings is 1. The van der Waals surface area contributed by atoms with Crippen LogP contribution in [-0.4, -0.2) is 23.1 Å². The minimum Gasteiger partial charge on any atom is -0.315 e. The Morgan fingerprint density at radius 3 is 3.14 bits per heavy atom. The molecule has 1 amide bonds. The third kappa shape index (κ3) is 0.775. The molecule has 3 aliphatic rings. The summed E-state index contributed by atoms with van der Waals surface area (Å²) < 4.78 is 0. The minimum absolute atomic E-state index is 0.00410. The number of allylic oxidation sites excluding steroid dienone is 3. The molecule has 1 heterocycles. The van der Waals surface area contributed by atoms with Gasteiger partial charge in [-0.2, -0.15) is 0 Å². The average Bonchev–Trinajstić information content (AvgIpc) is 2.73. The van der Waals surface area contributed by atoms with E-state index in [2.05, 4.69) is 0 Å². The van der Waals surface area contributed by atoms with E-state index >= 15 is 0 Å². The molecule has 1 saturated carbocycles. The first-order valence-electron chi connectivity index (χ1n) is 4.87. The lowest BCUT2D eigenvalue weighted by Crippen LogP contribution is -2.29. The summed E-state index contributed by atoms with van der Waals surface area (Å²) in [7, 11) is 0. The van der Waals surface area contributed by atoms with E-state index in [0.29, 0.717) is 5.92 Å². The summed E-state index contributed by atoms with van der Waals surface area (Å²) in [6, 6.07) is 0. The number of amides is 1. The molecule has 0 N–H and O–H groups in total. The maximum Gasteiger partial charge on any atom is 0.223 e. The summed E-state index contributed by atoms with van der Waals surface area (Å²) >= 11 is 0. The van der Waals surface area contributed by atoms with E-state index in [1.165, 1.54) is 0 Å². The first-order valence-corrected chi connectivity index (χ1v) is 4.87. The van der Waals surface area contributed by atoms with Gasteiger partial charge in [-0.05, 0) is 18.4 Å². The van der Waals surface area contributed by atoms with Gasteiger partial charge in [0.15, 0.2) is 5.78 Å². The third-order valence-electron chi connectivity index (χ3n) is 3.53. The summed E-state index contributed by atoms with van der Waals surface area (Å²) in [6.45, 7) is 2.35. The van der Waals surface area contributed by atoms with Crippen molar-refractivity contribution in [2.45, 2.75) is 13.3 Å². The first-order chi connectivity index (χ1) is 6.63. The van der Waals surface area contributed by atoms with Crippen LogP contribution in [0.2, 0.25) is 0 Å². The molecule has 72 valence electrons. The van der Waals surface area contributed by atoms with Gasteiger partial charge >= 0.3 is 0 Å².